The molecule has 0 aliphatic carbocycles. The van der Waals surface area contributed by atoms with Gasteiger partial charge in [0.15, 0.2) is 0 Å². The molecule has 20 heavy (non-hydrogen) atoms. The van der Waals surface area contributed by atoms with Gasteiger partial charge in [-0.2, -0.15) is 0 Å². The zero-order valence-electron chi connectivity index (χ0n) is 11.5. The quantitative estimate of drug-likeness (QED) is 0.884. The maximum Gasteiger partial charge on any atom is 0.218 e. The molecule has 0 saturated carbocycles. The molecule has 1 atom stereocenters. The molecule has 0 spiro atoms. The van der Waals surface area contributed by atoms with Crippen LogP contribution in [0.15, 0.2) is 41.6 Å². The molecule has 0 bridgehead atoms. The number of ether oxygens (including phenoxy) is 1. The van der Waals surface area contributed by atoms with Gasteiger partial charge in [-0.05, 0) is 24.6 Å². The van der Waals surface area contributed by atoms with Crippen LogP contribution in [0.2, 0.25) is 0 Å². The number of anilines is 1. The van der Waals surface area contributed by atoms with Gasteiger partial charge in [0.05, 0.1) is 6.61 Å². The van der Waals surface area contributed by atoms with Crippen LogP contribution >= 0.6 is 0 Å². The van der Waals surface area contributed by atoms with E-state index < -0.39 is 10.8 Å². The van der Waals surface area contributed by atoms with Gasteiger partial charge in [0.1, 0.15) is 12.1 Å². The molecular formula is C14H17N3O2S. The van der Waals surface area contributed by atoms with Crippen LogP contribution in [0.5, 0.6) is 5.88 Å². The van der Waals surface area contributed by atoms with Gasteiger partial charge in [0, 0.05) is 34.6 Å². The smallest absolute Gasteiger partial charge is 0.218 e. The molecule has 0 aliphatic heterocycles. The van der Waals surface area contributed by atoms with E-state index in [4.69, 9.17) is 4.74 Å². The first kappa shape index (κ1) is 14.5. The molecule has 6 heteroatoms. The highest BCUT2D eigenvalue weighted by Gasteiger charge is 2.01. The zero-order valence-corrected chi connectivity index (χ0v) is 12.3. The Balaban J connectivity index is 1.97. The van der Waals surface area contributed by atoms with E-state index in [9.17, 15) is 4.21 Å². The third kappa shape index (κ3) is 4.03. The van der Waals surface area contributed by atoms with E-state index in [0.29, 0.717) is 24.8 Å². The predicted octanol–water partition coefficient (Wildman–Crippen LogP) is 2.22. The van der Waals surface area contributed by atoms with Crippen LogP contribution in [0.3, 0.4) is 0 Å². The van der Waals surface area contributed by atoms with Gasteiger partial charge in [0.2, 0.25) is 5.88 Å². The number of aromatic nitrogens is 2. The van der Waals surface area contributed by atoms with Crippen molar-refractivity contribution < 1.29 is 8.95 Å². The van der Waals surface area contributed by atoms with E-state index in [1.165, 1.54) is 6.33 Å². The molecule has 1 aromatic heterocycles. The number of rotatable bonds is 6. The highest BCUT2D eigenvalue weighted by Crippen LogP contribution is 2.13. The average molecular weight is 291 g/mol. The summed E-state index contributed by atoms with van der Waals surface area (Å²) in [5.74, 6) is 1.27. The summed E-state index contributed by atoms with van der Waals surface area (Å²) >= 11 is 0. The Hall–Kier alpha value is -1.95. The first-order chi connectivity index (χ1) is 9.69. The second-order valence-electron chi connectivity index (χ2n) is 4.13. The standard InChI is InChI=1S/C14H17N3O2S/c1-3-19-14-8-13(16-10-17-14)15-9-11-4-6-12(7-5-11)20(2)18/h4-8,10H,3,9H2,1-2H3,(H,15,16,17)/t20-/m1/s1. The first-order valence-corrected chi connectivity index (χ1v) is 7.86. The fraction of sp³-hybridized carbons (Fsp3) is 0.286. The summed E-state index contributed by atoms with van der Waals surface area (Å²) in [6, 6.07) is 9.42. The van der Waals surface area contributed by atoms with Crippen LogP contribution in [0.25, 0.3) is 0 Å². The Kier molecular flexibility index (Phi) is 5.06. The second-order valence-corrected chi connectivity index (χ2v) is 5.51. The van der Waals surface area contributed by atoms with Crippen molar-refractivity contribution in [3.63, 3.8) is 0 Å². The average Bonchev–Trinajstić information content (AvgIpc) is 2.46. The fourth-order valence-corrected chi connectivity index (χ4v) is 2.17. The summed E-state index contributed by atoms with van der Waals surface area (Å²) < 4.78 is 16.6. The minimum absolute atomic E-state index is 0.557. The molecule has 106 valence electrons. The van der Waals surface area contributed by atoms with Crippen LogP contribution in [0.1, 0.15) is 12.5 Å². The zero-order chi connectivity index (χ0) is 14.4. The molecule has 0 amide bonds. The Morgan fingerprint density at radius 1 is 1.25 bits per heavy atom. The second kappa shape index (κ2) is 7.00. The Morgan fingerprint density at radius 2 is 2.00 bits per heavy atom. The largest absolute Gasteiger partial charge is 0.478 e. The van der Waals surface area contributed by atoms with Crippen molar-refractivity contribution in [2.45, 2.75) is 18.4 Å². The lowest BCUT2D eigenvalue weighted by Gasteiger charge is -2.07. The van der Waals surface area contributed by atoms with E-state index in [-0.39, 0.29) is 0 Å². The van der Waals surface area contributed by atoms with E-state index in [1.807, 2.05) is 31.2 Å². The van der Waals surface area contributed by atoms with Crippen molar-refractivity contribution in [3.8, 4) is 5.88 Å². The van der Waals surface area contributed by atoms with Gasteiger partial charge < -0.3 is 10.1 Å². The third-order valence-electron chi connectivity index (χ3n) is 2.66. The molecule has 2 aromatic rings. The number of nitrogens with zero attached hydrogens (tertiary/aromatic N) is 2. The number of benzene rings is 1. The topological polar surface area (TPSA) is 64.1 Å². The van der Waals surface area contributed by atoms with Crippen molar-refractivity contribution in [3.05, 3.63) is 42.2 Å². The summed E-state index contributed by atoms with van der Waals surface area (Å²) in [5, 5.41) is 3.20. The van der Waals surface area contributed by atoms with Crippen molar-refractivity contribution in [2.24, 2.45) is 0 Å². The van der Waals surface area contributed by atoms with Gasteiger partial charge in [-0.15, -0.1) is 0 Å². The lowest BCUT2D eigenvalue weighted by Crippen LogP contribution is -2.03. The molecule has 1 heterocycles. The molecule has 1 aromatic carbocycles. The minimum atomic E-state index is -0.940. The molecule has 0 aliphatic rings. The van der Waals surface area contributed by atoms with E-state index >= 15 is 0 Å². The Bertz CT molecular complexity index is 587. The van der Waals surface area contributed by atoms with Crippen LogP contribution in [-0.2, 0) is 17.3 Å². The number of nitrogens with one attached hydrogen (secondary N) is 1. The van der Waals surface area contributed by atoms with Gasteiger partial charge in [0.25, 0.3) is 0 Å². The van der Waals surface area contributed by atoms with E-state index in [0.717, 1.165) is 10.5 Å². The molecule has 5 nitrogen and oxygen atoms in total. The van der Waals surface area contributed by atoms with E-state index in [2.05, 4.69) is 15.3 Å². The maximum atomic E-state index is 11.3. The van der Waals surface area contributed by atoms with Gasteiger partial charge in [-0.25, -0.2) is 9.97 Å². The van der Waals surface area contributed by atoms with Crippen LogP contribution < -0.4 is 10.1 Å². The van der Waals surface area contributed by atoms with Crippen molar-refractivity contribution in [2.75, 3.05) is 18.2 Å². The van der Waals surface area contributed by atoms with Crippen molar-refractivity contribution >= 4 is 16.6 Å². The lowest BCUT2D eigenvalue weighted by molar-refractivity contribution is 0.326. The number of hydrogen-bond donors (Lipinski definition) is 1. The molecule has 0 radical (unpaired) electrons. The molecular weight excluding hydrogens is 274 g/mol. The van der Waals surface area contributed by atoms with Crippen molar-refractivity contribution in [1.82, 2.24) is 9.97 Å². The fourth-order valence-electron chi connectivity index (χ4n) is 1.65. The van der Waals surface area contributed by atoms with Gasteiger partial charge >= 0.3 is 0 Å². The lowest BCUT2D eigenvalue weighted by atomic mass is 10.2. The molecule has 2 rings (SSSR count). The molecule has 1 N–H and O–H groups in total. The Morgan fingerprint density at radius 3 is 2.65 bits per heavy atom. The molecule has 0 fully saturated rings. The maximum absolute atomic E-state index is 11.3. The highest BCUT2D eigenvalue weighted by atomic mass is 32.2. The first-order valence-electron chi connectivity index (χ1n) is 6.30. The molecule has 0 unspecified atom stereocenters. The summed E-state index contributed by atoms with van der Waals surface area (Å²) in [4.78, 5) is 8.97. The van der Waals surface area contributed by atoms with Gasteiger partial charge in [-0.1, -0.05) is 12.1 Å². The number of hydrogen-bond acceptors (Lipinski definition) is 5. The molecule has 0 saturated heterocycles. The van der Waals surface area contributed by atoms with E-state index in [1.54, 1.807) is 12.3 Å². The third-order valence-corrected chi connectivity index (χ3v) is 3.60. The summed E-state index contributed by atoms with van der Waals surface area (Å²) in [6.07, 6.45) is 3.14. The van der Waals surface area contributed by atoms with Crippen LogP contribution in [-0.4, -0.2) is 27.0 Å². The SMILES string of the molecule is CCOc1cc(NCc2ccc([S@@](C)=O)cc2)ncn1. The normalized spacial score (nSPS) is 11.9. The minimum Gasteiger partial charge on any atom is -0.478 e. The predicted molar refractivity (Wildman–Crippen MR) is 79.3 cm³/mol. The van der Waals surface area contributed by atoms with Crippen molar-refractivity contribution in [1.29, 1.82) is 0 Å². The van der Waals surface area contributed by atoms with Crippen LogP contribution in [0.4, 0.5) is 5.82 Å². The summed E-state index contributed by atoms with van der Waals surface area (Å²) in [5.41, 5.74) is 1.09. The highest BCUT2D eigenvalue weighted by molar-refractivity contribution is 7.84. The van der Waals surface area contributed by atoms with Gasteiger partial charge in [-0.3, -0.25) is 4.21 Å². The monoisotopic (exact) mass is 291 g/mol. The Labute approximate surface area is 120 Å². The van der Waals surface area contributed by atoms with Crippen LogP contribution in [0, 0.1) is 0 Å². The summed E-state index contributed by atoms with van der Waals surface area (Å²) in [6.45, 7) is 3.12. The summed E-state index contributed by atoms with van der Waals surface area (Å²) in [7, 11) is -0.940.